The van der Waals surface area contributed by atoms with Crippen molar-refractivity contribution in [2.24, 2.45) is 0 Å². The Morgan fingerprint density at radius 2 is 2.00 bits per heavy atom. The van der Waals surface area contributed by atoms with Crippen LogP contribution in [0.25, 0.3) is 11.4 Å². The van der Waals surface area contributed by atoms with Crippen LogP contribution in [0.2, 0.25) is 5.02 Å². The van der Waals surface area contributed by atoms with Crippen molar-refractivity contribution < 1.29 is 9.32 Å². The molecule has 0 aliphatic heterocycles. The summed E-state index contributed by atoms with van der Waals surface area (Å²) >= 11 is 6.04. The van der Waals surface area contributed by atoms with Gasteiger partial charge in [-0.2, -0.15) is 4.98 Å². The third-order valence-corrected chi connectivity index (χ3v) is 3.48. The smallest absolute Gasteiger partial charge is 0.340 e. The molecular weight excluding hydrogens is 332 g/mol. The van der Waals surface area contributed by atoms with Crippen LogP contribution < -0.4 is 16.2 Å². The molecule has 24 heavy (non-hydrogen) atoms. The van der Waals surface area contributed by atoms with Gasteiger partial charge >= 0.3 is 6.01 Å². The molecular formula is C15H13ClN6O2. The number of anilines is 2. The minimum Gasteiger partial charge on any atom is -0.388 e. The maximum atomic E-state index is 12.2. The van der Waals surface area contributed by atoms with Crippen LogP contribution in [0.4, 0.5) is 11.7 Å². The van der Waals surface area contributed by atoms with Gasteiger partial charge in [0.05, 0.1) is 10.6 Å². The highest BCUT2D eigenvalue weighted by molar-refractivity contribution is 6.34. The van der Waals surface area contributed by atoms with Gasteiger partial charge in [0.1, 0.15) is 0 Å². The Morgan fingerprint density at radius 1 is 1.21 bits per heavy atom. The van der Waals surface area contributed by atoms with Crippen LogP contribution in [0.1, 0.15) is 10.4 Å². The molecule has 3 N–H and O–H groups in total. The van der Waals surface area contributed by atoms with Gasteiger partial charge in [-0.3, -0.25) is 15.2 Å². The first-order valence-electron chi connectivity index (χ1n) is 6.95. The zero-order valence-electron chi connectivity index (χ0n) is 12.6. The third-order valence-electron chi connectivity index (χ3n) is 3.15. The molecule has 0 bridgehead atoms. The van der Waals surface area contributed by atoms with E-state index in [-0.39, 0.29) is 6.01 Å². The molecule has 122 valence electrons. The molecule has 0 saturated heterocycles. The van der Waals surface area contributed by atoms with E-state index >= 15 is 0 Å². The molecule has 0 saturated carbocycles. The molecule has 0 aliphatic rings. The van der Waals surface area contributed by atoms with Crippen LogP contribution in [0.5, 0.6) is 0 Å². The van der Waals surface area contributed by atoms with E-state index in [4.69, 9.17) is 16.1 Å². The number of halogens is 1. The summed E-state index contributed by atoms with van der Waals surface area (Å²) in [5.41, 5.74) is 6.85. The van der Waals surface area contributed by atoms with Gasteiger partial charge in [-0.1, -0.05) is 16.8 Å². The Morgan fingerprint density at radius 3 is 2.75 bits per heavy atom. The highest BCUT2D eigenvalue weighted by atomic mass is 35.5. The number of hydrogen-bond donors (Lipinski definition) is 3. The first kappa shape index (κ1) is 15.8. The lowest BCUT2D eigenvalue weighted by molar-refractivity contribution is 0.0961. The quantitative estimate of drug-likeness (QED) is 0.611. The fourth-order valence-electron chi connectivity index (χ4n) is 1.92. The van der Waals surface area contributed by atoms with Gasteiger partial charge < -0.3 is 9.84 Å². The Balaban J connectivity index is 1.68. The van der Waals surface area contributed by atoms with Crippen molar-refractivity contribution in [3.05, 3.63) is 53.3 Å². The fraction of sp³-hybridized carbons (Fsp3) is 0.0667. The highest BCUT2D eigenvalue weighted by Gasteiger charge is 2.13. The number of aromatic nitrogens is 3. The number of hydrogen-bond acceptors (Lipinski definition) is 7. The summed E-state index contributed by atoms with van der Waals surface area (Å²) in [6, 6.07) is 8.58. The van der Waals surface area contributed by atoms with Crippen LogP contribution >= 0.6 is 11.6 Å². The number of amides is 1. The van der Waals surface area contributed by atoms with E-state index in [2.05, 4.69) is 31.3 Å². The average molecular weight is 345 g/mol. The van der Waals surface area contributed by atoms with Crippen molar-refractivity contribution in [3.8, 4) is 11.4 Å². The molecule has 1 aromatic carbocycles. The predicted octanol–water partition coefficient (Wildman–Crippen LogP) is 2.58. The lowest BCUT2D eigenvalue weighted by atomic mass is 10.2. The number of carbonyl (C=O) groups is 1. The number of rotatable bonds is 5. The van der Waals surface area contributed by atoms with Crippen molar-refractivity contribution in [1.29, 1.82) is 0 Å². The topological polar surface area (TPSA) is 105 Å². The van der Waals surface area contributed by atoms with E-state index in [0.29, 0.717) is 16.4 Å². The summed E-state index contributed by atoms with van der Waals surface area (Å²) in [5.74, 6) is -0.0508. The van der Waals surface area contributed by atoms with Crippen molar-refractivity contribution in [3.63, 3.8) is 0 Å². The molecule has 0 radical (unpaired) electrons. The largest absolute Gasteiger partial charge is 0.388 e. The first-order valence-corrected chi connectivity index (χ1v) is 7.33. The standard InChI is InChI=1S/C15H13ClN6O2/c1-17-10-2-3-12(16)11(8-10)14(23)20-21-15-19-13(22-24-15)9-4-6-18-7-5-9/h2-8,17H,1H3,(H,20,23)(H,19,21,22). The van der Waals surface area contributed by atoms with Gasteiger partial charge in [0.2, 0.25) is 5.82 Å². The Kier molecular flexibility index (Phi) is 4.57. The molecule has 0 spiro atoms. The molecule has 0 atom stereocenters. The first-order chi connectivity index (χ1) is 11.7. The van der Waals surface area contributed by atoms with Crippen molar-refractivity contribution in [2.75, 3.05) is 17.8 Å². The van der Waals surface area contributed by atoms with Crippen molar-refractivity contribution >= 4 is 29.2 Å². The number of nitrogens with zero attached hydrogens (tertiary/aromatic N) is 3. The number of pyridine rings is 1. The zero-order valence-corrected chi connectivity index (χ0v) is 13.3. The van der Waals surface area contributed by atoms with Crippen molar-refractivity contribution in [2.45, 2.75) is 0 Å². The molecule has 1 amide bonds. The molecule has 3 aromatic rings. The van der Waals surface area contributed by atoms with E-state index in [1.54, 1.807) is 49.8 Å². The van der Waals surface area contributed by atoms with Crippen LogP contribution in [-0.2, 0) is 0 Å². The number of hydrazine groups is 1. The number of benzene rings is 1. The molecule has 0 fully saturated rings. The van der Waals surface area contributed by atoms with Gasteiger partial charge in [-0.05, 0) is 30.3 Å². The Bertz CT molecular complexity index is 852. The maximum absolute atomic E-state index is 12.2. The molecule has 8 nitrogen and oxygen atoms in total. The summed E-state index contributed by atoms with van der Waals surface area (Å²) < 4.78 is 5.03. The molecule has 3 rings (SSSR count). The molecule has 9 heteroatoms. The predicted molar refractivity (Wildman–Crippen MR) is 89.6 cm³/mol. The van der Waals surface area contributed by atoms with E-state index in [1.807, 2.05) is 0 Å². The molecule has 0 aliphatic carbocycles. The SMILES string of the molecule is CNc1ccc(Cl)c(C(=O)NNc2nc(-c3ccncc3)no2)c1. The number of nitrogens with one attached hydrogen (secondary N) is 3. The summed E-state index contributed by atoms with van der Waals surface area (Å²) in [6.07, 6.45) is 3.24. The zero-order chi connectivity index (χ0) is 16.9. The highest BCUT2D eigenvalue weighted by Crippen LogP contribution is 2.20. The normalized spacial score (nSPS) is 10.2. The summed E-state index contributed by atoms with van der Waals surface area (Å²) in [4.78, 5) is 20.2. The van der Waals surface area contributed by atoms with Gasteiger partial charge in [-0.25, -0.2) is 5.43 Å². The third kappa shape index (κ3) is 3.44. The van der Waals surface area contributed by atoms with Gasteiger partial charge in [0.15, 0.2) is 0 Å². The van der Waals surface area contributed by atoms with Gasteiger partial charge in [0, 0.05) is 30.7 Å². The van der Waals surface area contributed by atoms with Gasteiger partial charge in [0.25, 0.3) is 5.91 Å². The Labute approximate surface area is 142 Å². The second-order valence-electron chi connectivity index (χ2n) is 4.68. The maximum Gasteiger partial charge on any atom is 0.340 e. The summed E-state index contributed by atoms with van der Waals surface area (Å²) in [6.45, 7) is 0. The van der Waals surface area contributed by atoms with Crippen LogP contribution in [0, 0.1) is 0 Å². The molecule has 0 unspecified atom stereocenters. The second kappa shape index (κ2) is 6.97. The number of carbonyl (C=O) groups excluding carboxylic acids is 1. The molecule has 2 aromatic heterocycles. The van der Waals surface area contributed by atoms with E-state index in [9.17, 15) is 4.79 Å². The van der Waals surface area contributed by atoms with E-state index < -0.39 is 5.91 Å². The summed E-state index contributed by atoms with van der Waals surface area (Å²) in [7, 11) is 1.75. The fourth-order valence-corrected chi connectivity index (χ4v) is 2.13. The minimum absolute atomic E-state index is 0.0519. The van der Waals surface area contributed by atoms with E-state index in [0.717, 1.165) is 11.3 Å². The van der Waals surface area contributed by atoms with Crippen LogP contribution in [0.3, 0.4) is 0 Å². The van der Waals surface area contributed by atoms with Crippen molar-refractivity contribution in [1.82, 2.24) is 20.6 Å². The second-order valence-corrected chi connectivity index (χ2v) is 5.09. The lowest BCUT2D eigenvalue weighted by Crippen LogP contribution is -2.29. The van der Waals surface area contributed by atoms with Gasteiger partial charge in [-0.15, -0.1) is 0 Å². The van der Waals surface area contributed by atoms with E-state index in [1.165, 1.54) is 0 Å². The molecule has 2 heterocycles. The van der Waals surface area contributed by atoms with Crippen LogP contribution in [0.15, 0.2) is 47.2 Å². The van der Waals surface area contributed by atoms with Crippen LogP contribution in [-0.4, -0.2) is 28.1 Å². The lowest BCUT2D eigenvalue weighted by Gasteiger charge is -2.08. The Hall–Kier alpha value is -3.13. The average Bonchev–Trinajstić information content (AvgIpc) is 3.10. The summed E-state index contributed by atoms with van der Waals surface area (Å²) in [5, 5.41) is 7.09. The minimum atomic E-state index is -0.430. The monoisotopic (exact) mass is 344 g/mol.